The molecule has 0 unspecified atom stereocenters. The number of hydrogen-bond acceptors (Lipinski definition) is 4. The summed E-state index contributed by atoms with van der Waals surface area (Å²) in [5.41, 5.74) is 1.66. The molecule has 112 valence electrons. The molecule has 1 amide bonds. The molecule has 0 aliphatic carbocycles. The van der Waals surface area contributed by atoms with Gasteiger partial charge in [0.15, 0.2) is 0 Å². The maximum absolute atomic E-state index is 12.2. The molecule has 0 aromatic heterocycles. The minimum absolute atomic E-state index is 0.0281. The number of benzene rings is 1. The van der Waals surface area contributed by atoms with E-state index < -0.39 is 0 Å². The maximum Gasteiger partial charge on any atom is 0.250 e. The van der Waals surface area contributed by atoms with E-state index in [4.69, 9.17) is 4.74 Å². The Labute approximate surface area is 125 Å². The zero-order chi connectivity index (χ0) is 14.5. The number of piperazine rings is 1. The largest absolute Gasteiger partial charge is 0.488 e. The number of nitrogens with zero attached hydrogens (tertiary/aromatic N) is 1. The molecule has 2 aliphatic rings. The van der Waals surface area contributed by atoms with E-state index in [9.17, 15) is 4.79 Å². The van der Waals surface area contributed by atoms with E-state index in [1.807, 2.05) is 30.3 Å². The van der Waals surface area contributed by atoms with Crippen molar-refractivity contribution in [1.82, 2.24) is 15.5 Å². The summed E-state index contributed by atoms with van der Waals surface area (Å²) in [4.78, 5) is 14.5. The van der Waals surface area contributed by atoms with Crippen LogP contribution in [0.2, 0.25) is 0 Å². The third kappa shape index (κ3) is 3.62. The van der Waals surface area contributed by atoms with Gasteiger partial charge >= 0.3 is 0 Å². The fourth-order valence-corrected chi connectivity index (χ4v) is 2.62. The number of hydrogen-bond donors (Lipinski definition) is 2. The van der Waals surface area contributed by atoms with Gasteiger partial charge in [0.05, 0.1) is 5.57 Å². The normalized spacial score (nSPS) is 18.4. The summed E-state index contributed by atoms with van der Waals surface area (Å²) in [5.74, 6) is 0.814. The number of carbonyl (C=O) groups is 1. The summed E-state index contributed by atoms with van der Waals surface area (Å²) in [7, 11) is 0. The van der Waals surface area contributed by atoms with E-state index in [2.05, 4.69) is 15.5 Å². The third-order valence-electron chi connectivity index (χ3n) is 3.85. The highest BCUT2D eigenvalue weighted by molar-refractivity contribution is 5.99. The van der Waals surface area contributed by atoms with Crippen LogP contribution in [0.3, 0.4) is 0 Å². The van der Waals surface area contributed by atoms with Crippen molar-refractivity contribution in [2.24, 2.45) is 0 Å². The van der Waals surface area contributed by atoms with Crippen LogP contribution in [0.15, 0.2) is 29.8 Å². The van der Waals surface area contributed by atoms with Crippen LogP contribution in [0, 0.1) is 0 Å². The van der Waals surface area contributed by atoms with Crippen LogP contribution in [0.1, 0.15) is 5.56 Å². The molecule has 0 radical (unpaired) electrons. The SMILES string of the molecule is O=C(NCCN1CCNCC1)C1=Cc2ccccc2OC1. The van der Waals surface area contributed by atoms with E-state index in [0.717, 1.165) is 44.0 Å². The van der Waals surface area contributed by atoms with Gasteiger partial charge in [-0.25, -0.2) is 0 Å². The summed E-state index contributed by atoms with van der Waals surface area (Å²) in [5, 5.41) is 6.30. The Morgan fingerprint density at radius 2 is 2.10 bits per heavy atom. The number of fused-ring (bicyclic) bond motifs is 1. The first-order chi connectivity index (χ1) is 10.3. The highest BCUT2D eigenvalue weighted by atomic mass is 16.5. The lowest BCUT2D eigenvalue weighted by Gasteiger charge is -2.27. The molecule has 1 saturated heterocycles. The molecule has 21 heavy (non-hydrogen) atoms. The molecule has 1 aromatic rings. The molecule has 3 rings (SSSR count). The van der Waals surface area contributed by atoms with Crippen LogP contribution in [0.4, 0.5) is 0 Å². The Hall–Kier alpha value is -1.85. The minimum Gasteiger partial charge on any atom is -0.488 e. The Morgan fingerprint density at radius 1 is 1.29 bits per heavy atom. The van der Waals surface area contributed by atoms with Gasteiger partial charge in [0.2, 0.25) is 0 Å². The van der Waals surface area contributed by atoms with Crippen LogP contribution in [-0.4, -0.2) is 56.7 Å². The summed E-state index contributed by atoms with van der Waals surface area (Å²) in [6.45, 7) is 6.09. The first-order valence-electron chi connectivity index (χ1n) is 7.46. The van der Waals surface area contributed by atoms with Gasteiger partial charge in [-0.3, -0.25) is 9.69 Å². The molecule has 5 heteroatoms. The number of para-hydroxylation sites is 1. The van der Waals surface area contributed by atoms with Crippen LogP contribution in [-0.2, 0) is 4.79 Å². The first-order valence-corrected chi connectivity index (χ1v) is 7.46. The molecule has 1 fully saturated rings. The quantitative estimate of drug-likeness (QED) is 0.846. The average Bonchev–Trinajstić information content (AvgIpc) is 2.55. The van der Waals surface area contributed by atoms with Crippen molar-refractivity contribution >= 4 is 12.0 Å². The fraction of sp³-hybridized carbons (Fsp3) is 0.438. The molecular weight excluding hydrogens is 266 g/mol. The Balaban J connectivity index is 1.51. The van der Waals surface area contributed by atoms with E-state index in [0.29, 0.717) is 18.7 Å². The molecule has 1 aromatic carbocycles. The minimum atomic E-state index is -0.0281. The van der Waals surface area contributed by atoms with Gasteiger partial charge in [-0.15, -0.1) is 0 Å². The van der Waals surface area contributed by atoms with Gasteiger partial charge in [-0.05, 0) is 12.1 Å². The lowest BCUT2D eigenvalue weighted by atomic mass is 10.1. The maximum atomic E-state index is 12.2. The van der Waals surface area contributed by atoms with Gasteiger partial charge in [0, 0.05) is 44.8 Å². The monoisotopic (exact) mass is 287 g/mol. The third-order valence-corrected chi connectivity index (χ3v) is 3.85. The van der Waals surface area contributed by atoms with Crippen LogP contribution in [0.5, 0.6) is 5.75 Å². The van der Waals surface area contributed by atoms with Crippen LogP contribution in [0.25, 0.3) is 6.08 Å². The predicted octanol–water partition coefficient (Wildman–Crippen LogP) is 0.484. The molecule has 5 nitrogen and oxygen atoms in total. The van der Waals surface area contributed by atoms with Gasteiger partial charge in [0.1, 0.15) is 12.4 Å². The smallest absolute Gasteiger partial charge is 0.250 e. The average molecular weight is 287 g/mol. The topological polar surface area (TPSA) is 53.6 Å². The molecule has 0 spiro atoms. The highest BCUT2D eigenvalue weighted by Gasteiger charge is 2.17. The predicted molar refractivity (Wildman–Crippen MR) is 82.2 cm³/mol. The van der Waals surface area contributed by atoms with Crippen molar-refractivity contribution in [3.63, 3.8) is 0 Å². The van der Waals surface area contributed by atoms with Gasteiger partial charge in [-0.1, -0.05) is 18.2 Å². The standard InChI is InChI=1S/C16H21N3O2/c20-16(18-7-10-19-8-5-17-6-9-19)14-11-13-3-1-2-4-15(13)21-12-14/h1-4,11,17H,5-10,12H2,(H,18,20). The fourth-order valence-electron chi connectivity index (χ4n) is 2.62. The van der Waals surface area contributed by atoms with Crippen molar-refractivity contribution in [3.8, 4) is 5.75 Å². The summed E-state index contributed by atoms with van der Waals surface area (Å²) in [6, 6.07) is 7.77. The van der Waals surface area contributed by atoms with Gasteiger partial charge in [0.25, 0.3) is 5.91 Å². The highest BCUT2D eigenvalue weighted by Crippen LogP contribution is 2.25. The number of rotatable bonds is 4. The Kier molecular flexibility index (Phi) is 4.52. The van der Waals surface area contributed by atoms with Crippen LogP contribution < -0.4 is 15.4 Å². The van der Waals surface area contributed by atoms with Crippen molar-refractivity contribution in [2.45, 2.75) is 0 Å². The van der Waals surface area contributed by atoms with E-state index in [-0.39, 0.29) is 5.91 Å². The van der Waals surface area contributed by atoms with Gasteiger partial charge in [-0.2, -0.15) is 0 Å². The Bertz CT molecular complexity index is 536. The number of nitrogens with one attached hydrogen (secondary N) is 2. The lowest BCUT2D eigenvalue weighted by molar-refractivity contribution is -0.117. The van der Waals surface area contributed by atoms with E-state index in [1.54, 1.807) is 0 Å². The van der Waals surface area contributed by atoms with Crippen molar-refractivity contribution in [1.29, 1.82) is 0 Å². The van der Waals surface area contributed by atoms with Gasteiger partial charge < -0.3 is 15.4 Å². The number of carbonyl (C=O) groups excluding carboxylic acids is 1. The lowest BCUT2D eigenvalue weighted by Crippen LogP contribution is -2.46. The second-order valence-electron chi connectivity index (χ2n) is 5.34. The van der Waals surface area contributed by atoms with E-state index >= 15 is 0 Å². The van der Waals surface area contributed by atoms with Crippen molar-refractivity contribution in [2.75, 3.05) is 45.9 Å². The first kappa shape index (κ1) is 14.1. The molecule has 0 saturated carbocycles. The number of amides is 1. The molecule has 2 N–H and O–H groups in total. The zero-order valence-corrected chi connectivity index (χ0v) is 12.1. The summed E-state index contributed by atoms with van der Waals surface area (Å²) in [6.07, 6.45) is 1.92. The second-order valence-corrected chi connectivity index (χ2v) is 5.34. The number of ether oxygens (including phenoxy) is 1. The van der Waals surface area contributed by atoms with Crippen molar-refractivity contribution < 1.29 is 9.53 Å². The molecule has 2 aliphatic heterocycles. The summed E-state index contributed by atoms with van der Waals surface area (Å²) < 4.78 is 5.61. The second kappa shape index (κ2) is 6.74. The van der Waals surface area contributed by atoms with Crippen molar-refractivity contribution in [3.05, 3.63) is 35.4 Å². The van der Waals surface area contributed by atoms with Crippen LogP contribution >= 0.6 is 0 Å². The zero-order valence-electron chi connectivity index (χ0n) is 12.1. The molecule has 0 bridgehead atoms. The molecule has 2 heterocycles. The summed E-state index contributed by atoms with van der Waals surface area (Å²) >= 11 is 0. The molecular formula is C16H21N3O2. The molecule has 0 atom stereocenters. The van der Waals surface area contributed by atoms with E-state index in [1.165, 1.54) is 0 Å². The Morgan fingerprint density at radius 3 is 2.95 bits per heavy atom.